The molecule has 0 nitrogen and oxygen atoms in total. The van der Waals surface area contributed by atoms with Crippen LogP contribution in [-0.4, -0.2) is 5.38 Å². The van der Waals surface area contributed by atoms with Gasteiger partial charge in [0.15, 0.2) is 0 Å². The van der Waals surface area contributed by atoms with E-state index in [0.717, 1.165) is 11.5 Å². The van der Waals surface area contributed by atoms with E-state index in [4.69, 9.17) is 23.2 Å². The zero-order chi connectivity index (χ0) is 7.72. The van der Waals surface area contributed by atoms with E-state index in [0.29, 0.717) is 0 Å². The number of alkyl halides is 1. The maximum absolute atomic E-state index is 5.97. The first-order chi connectivity index (χ1) is 4.61. The van der Waals surface area contributed by atoms with E-state index < -0.39 is 0 Å². The summed E-state index contributed by atoms with van der Waals surface area (Å²) >= 11 is 14.0. The van der Waals surface area contributed by atoms with Gasteiger partial charge in [-0.25, -0.2) is 0 Å². The van der Waals surface area contributed by atoms with Crippen molar-refractivity contribution in [1.29, 1.82) is 0 Å². The highest BCUT2D eigenvalue weighted by atomic mass is 127. The monoisotopic (exact) mass is 288 g/mol. The topological polar surface area (TPSA) is 0 Å². The van der Waals surface area contributed by atoms with Gasteiger partial charge in [0.05, 0.1) is 5.38 Å². The zero-order valence-electron chi connectivity index (χ0n) is 5.50. The van der Waals surface area contributed by atoms with Crippen molar-refractivity contribution >= 4 is 45.8 Å². The predicted molar refractivity (Wildman–Crippen MR) is 54.9 cm³/mol. The molecule has 1 aliphatic carbocycles. The maximum atomic E-state index is 5.97. The number of rotatable bonds is 0. The molecule has 0 bridgehead atoms. The summed E-state index contributed by atoms with van der Waals surface area (Å²) in [6, 6.07) is 0. The molecule has 0 aliphatic heterocycles. The van der Waals surface area contributed by atoms with Gasteiger partial charge in [-0.15, -0.1) is 11.6 Å². The molecule has 1 atom stereocenters. The molecule has 10 heavy (non-hydrogen) atoms. The van der Waals surface area contributed by atoms with E-state index >= 15 is 0 Å². The lowest BCUT2D eigenvalue weighted by atomic mass is 10.1. The molecule has 0 aromatic heterocycles. The molecule has 0 saturated heterocycles. The van der Waals surface area contributed by atoms with Crippen LogP contribution in [0.5, 0.6) is 0 Å². The molecular weight excluding hydrogens is 282 g/mol. The maximum Gasteiger partial charge on any atom is 0.0694 e. The van der Waals surface area contributed by atoms with Crippen LogP contribution in [0.3, 0.4) is 0 Å². The summed E-state index contributed by atoms with van der Waals surface area (Å²) in [6.45, 7) is 2.03. The average Bonchev–Trinajstić information content (AvgIpc) is 1.82. The van der Waals surface area contributed by atoms with E-state index in [1.54, 1.807) is 0 Å². The van der Waals surface area contributed by atoms with Crippen LogP contribution in [0.1, 0.15) is 13.3 Å². The molecule has 0 amide bonds. The molecule has 0 spiro atoms. The van der Waals surface area contributed by atoms with Crippen molar-refractivity contribution in [2.75, 3.05) is 0 Å². The van der Waals surface area contributed by atoms with Crippen molar-refractivity contribution in [3.8, 4) is 0 Å². The molecule has 0 saturated carbocycles. The van der Waals surface area contributed by atoms with E-state index in [1.165, 1.54) is 9.15 Å². The van der Waals surface area contributed by atoms with Crippen LogP contribution in [0, 0.1) is 0 Å². The second-order valence-electron chi connectivity index (χ2n) is 2.29. The van der Waals surface area contributed by atoms with E-state index in [-0.39, 0.29) is 5.38 Å². The number of halogens is 3. The normalized spacial score (nSPS) is 26.8. The van der Waals surface area contributed by atoms with E-state index in [9.17, 15) is 0 Å². The van der Waals surface area contributed by atoms with Gasteiger partial charge < -0.3 is 0 Å². The number of allylic oxidation sites excluding steroid dienone is 4. The Bertz CT molecular complexity index is 206. The SMILES string of the molecule is CC1=C(I)C(Cl)CC(Cl)=C1. The Hall–Kier alpha value is 0.790. The van der Waals surface area contributed by atoms with Crippen LogP contribution in [0.25, 0.3) is 0 Å². The van der Waals surface area contributed by atoms with Crippen LogP contribution in [0.2, 0.25) is 0 Å². The summed E-state index contributed by atoms with van der Waals surface area (Å²) in [6.07, 6.45) is 2.75. The second-order valence-corrected chi connectivity index (χ2v) is 4.47. The summed E-state index contributed by atoms with van der Waals surface area (Å²) in [4.78, 5) is 0. The van der Waals surface area contributed by atoms with Crippen LogP contribution in [0.15, 0.2) is 20.3 Å². The summed E-state index contributed by atoms with van der Waals surface area (Å²) in [5.74, 6) is 0. The molecule has 0 heterocycles. The number of hydrogen-bond acceptors (Lipinski definition) is 0. The predicted octanol–water partition coefficient (Wildman–Crippen LogP) is 3.83. The van der Waals surface area contributed by atoms with Crippen LogP contribution < -0.4 is 0 Å². The minimum Gasteiger partial charge on any atom is -0.117 e. The molecule has 56 valence electrons. The fraction of sp³-hybridized carbons (Fsp3) is 0.429. The van der Waals surface area contributed by atoms with Crippen LogP contribution >= 0.6 is 45.8 Å². The average molecular weight is 289 g/mol. The summed E-state index contributed by atoms with van der Waals surface area (Å²) < 4.78 is 1.21. The minimum atomic E-state index is 0.0955. The third-order valence-corrected chi connectivity index (χ3v) is 4.01. The van der Waals surface area contributed by atoms with Gasteiger partial charge in [0, 0.05) is 15.0 Å². The van der Waals surface area contributed by atoms with Crippen molar-refractivity contribution in [2.45, 2.75) is 18.7 Å². The van der Waals surface area contributed by atoms with Gasteiger partial charge in [0.1, 0.15) is 0 Å². The molecule has 0 N–H and O–H groups in total. The molecule has 0 fully saturated rings. The fourth-order valence-electron chi connectivity index (χ4n) is 0.871. The fourth-order valence-corrected chi connectivity index (χ4v) is 1.98. The highest BCUT2D eigenvalue weighted by Gasteiger charge is 2.16. The van der Waals surface area contributed by atoms with Crippen molar-refractivity contribution in [3.05, 3.63) is 20.3 Å². The molecule has 1 unspecified atom stereocenters. The number of hydrogen-bond donors (Lipinski definition) is 0. The minimum absolute atomic E-state index is 0.0955. The van der Waals surface area contributed by atoms with Crippen LogP contribution in [-0.2, 0) is 0 Å². The molecule has 3 heteroatoms. The molecular formula is C7H7Cl2I. The van der Waals surface area contributed by atoms with Gasteiger partial charge in [0.2, 0.25) is 0 Å². The molecule has 0 aromatic carbocycles. The Morgan fingerprint density at radius 3 is 2.80 bits per heavy atom. The van der Waals surface area contributed by atoms with Crippen molar-refractivity contribution in [2.24, 2.45) is 0 Å². The highest BCUT2D eigenvalue weighted by molar-refractivity contribution is 14.1. The van der Waals surface area contributed by atoms with Crippen LogP contribution in [0.4, 0.5) is 0 Å². The standard InChI is InChI=1S/C7H7Cl2I/c1-4-2-5(8)3-6(9)7(4)10/h2,6H,3H2,1H3. The second kappa shape index (κ2) is 3.46. The summed E-state index contributed by atoms with van der Waals surface area (Å²) in [5.41, 5.74) is 1.19. The molecule has 1 aliphatic rings. The van der Waals surface area contributed by atoms with Gasteiger partial charge in [-0.05, 0) is 41.2 Å². The summed E-state index contributed by atoms with van der Waals surface area (Å²) in [5, 5.41) is 0.955. The summed E-state index contributed by atoms with van der Waals surface area (Å²) in [7, 11) is 0. The molecule has 1 rings (SSSR count). The third kappa shape index (κ3) is 1.89. The Morgan fingerprint density at radius 1 is 1.70 bits per heavy atom. The van der Waals surface area contributed by atoms with Gasteiger partial charge >= 0.3 is 0 Å². The molecule has 0 aromatic rings. The Kier molecular flexibility index (Phi) is 3.07. The lowest BCUT2D eigenvalue weighted by Gasteiger charge is -2.15. The largest absolute Gasteiger partial charge is 0.117 e. The molecule has 0 radical (unpaired) electrons. The van der Waals surface area contributed by atoms with Crippen molar-refractivity contribution in [1.82, 2.24) is 0 Å². The Balaban J connectivity index is 2.92. The lowest BCUT2D eigenvalue weighted by molar-refractivity contribution is 0.999. The van der Waals surface area contributed by atoms with Gasteiger partial charge in [-0.1, -0.05) is 11.6 Å². The lowest BCUT2D eigenvalue weighted by Crippen LogP contribution is -2.04. The first kappa shape index (κ1) is 8.88. The quantitative estimate of drug-likeness (QED) is 0.469. The highest BCUT2D eigenvalue weighted by Crippen LogP contribution is 2.33. The van der Waals surface area contributed by atoms with Gasteiger partial charge in [0.25, 0.3) is 0 Å². The van der Waals surface area contributed by atoms with Crippen molar-refractivity contribution < 1.29 is 0 Å². The van der Waals surface area contributed by atoms with E-state index in [1.807, 2.05) is 13.0 Å². The smallest absolute Gasteiger partial charge is 0.0694 e. The van der Waals surface area contributed by atoms with Gasteiger partial charge in [-0.3, -0.25) is 0 Å². The van der Waals surface area contributed by atoms with E-state index in [2.05, 4.69) is 22.6 Å². The van der Waals surface area contributed by atoms with Crippen molar-refractivity contribution in [3.63, 3.8) is 0 Å². The van der Waals surface area contributed by atoms with Gasteiger partial charge in [-0.2, -0.15) is 0 Å². The third-order valence-electron chi connectivity index (χ3n) is 1.40. The first-order valence-corrected chi connectivity index (χ1v) is 4.87. The Morgan fingerprint density at radius 2 is 2.30 bits per heavy atom. The zero-order valence-corrected chi connectivity index (χ0v) is 9.17. The Labute approximate surface area is 84.4 Å². The first-order valence-electron chi connectivity index (χ1n) is 2.97.